The number of hydrogen-bond acceptors (Lipinski definition) is 1. The number of nitrogens with zero attached hydrogens (tertiary/aromatic N) is 2. The molecule has 0 atom stereocenters. The highest BCUT2D eigenvalue weighted by Gasteiger charge is 2.26. The summed E-state index contributed by atoms with van der Waals surface area (Å²) in [4.78, 5) is 4.63. The lowest BCUT2D eigenvalue weighted by Crippen LogP contribution is -2.13. The van der Waals surface area contributed by atoms with Gasteiger partial charge in [-0.2, -0.15) is 0 Å². The van der Waals surface area contributed by atoms with Gasteiger partial charge in [0, 0.05) is 18.0 Å². The molecule has 3 heteroatoms. The van der Waals surface area contributed by atoms with E-state index in [2.05, 4.69) is 55.4 Å². The van der Waals surface area contributed by atoms with Crippen molar-refractivity contribution in [2.45, 2.75) is 59.0 Å². The monoisotopic (exact) mass is 364 g/mol. The van der Waals surface area contributed by atoms with Crippen LogP contribution >= 0.6 is 0 Å². The zero-order valence-corrected chi connectivity index (χ0v) is 17.1. The predicted octanol–water partition coefficient (Wildman–Crippen LogP) is 6.99. The molecule has 0 amide bonds. The lowest BCUT2D eigenvalue weighted by molar-refractivity contribution is 0.222. The molecule has 1 heterocycles. The van der Waals surface area contributed by atoms with Gasteiger partial charge >= 0.3 is 0 Å². The Kier molecular flexibility index (Phi) is 5.23. The van der Waals surface area contributed by atoms with Crippen LogP contribution in [-0.4, -0.2) is 9.55 Å². The van der Waals surface area contributed by atoms with Crippen LogP contribution in [0.15, 0.2) is 54.9 Å². The molecule has 0 spiro atoms. The van der Waals surface area contributed by atoms with Crippen LogP contribution in [0.1, 0.15) is 70.1 Å². The Balaban J connectivity index is 2.31. The molecule has 1 aromatic heterocycles. The van der Waals surface area contributed by atoms with Crippen LogP contribution in [0.25, 0.3) is 17.1 Å². The Morgan fingerprint density at radius 1 is 0.889 bits per heavy atom. The molecule has 0 saturated heterocycles. The number of benzene rings is 2. The molecule has 3 rings (SSSR count). The molecule has 142 valence electrons. The maximum atomic E-state index is 14.9. The van der Waals surface area contributed by atoms with Crippen LogP contribution in [0, 0.1) is 0 Å². The summed E-state index contributed by atoms with van der Waals surface area (Å²) in [5, 5.41) is 0. The third-order valence-electron chi connectivity index (χ3n) is 5.03. The molecule has 0 aliphatic carbocycles. The van der Waals surface area contributed by atoms with Crippen LogP contribution in [0.4, 0.5) is 4.39 Å². The summed E-state index contributed by atoms with van der Waals surface area (Å²) in [7, 11) is 0. The van der Waals surface area contributed by atoms with Crippen LogP contribution in [-0.2, 0) is 5.67 Å². The van der Waals surface area contributed by atoms with Crippen LogP contribution in [0.5, 0.6) is 0 Å². The Morgan fingerprint density at radius 3 is 2.04 bits per heavy atom. The fourth-order valence-electron chi connectivity index (χ4n) is 3.67. The lowest BCUT2D eigenvalue weighted by Gasteiger charge is -2.23. The van der Waals surface area contributed by atoms with E-state index >= 15 is 0 Å². The van der Waals surface area contributed by atoms with Crippen molar-refractivity contribution in [2.24, 2.45) is 0 Å². The molecular formula is C24H29FN2. The topological polar surface area (TPSA) is 17.8 Å². The molecule has 2 nitrogen and oxygen atoms in total. The Hall–Kier alpha value is -2.42. The molecule has 27 heavy (non-hydrogen) atoms. The van der Waals surface area contributed by atoms with Gasteiger partial charge < -0.3 is 0 Å². The maximum absolute atomic E-state index is 14.9. The fourth-order valence-corrected chi connectivity index (χ4v) is 3.67. The highest BCUT2D eigenvalue weighted by molar-refractivity contribution is 5.66. The second-order valence-electron chi connectivity index (χ2n) is 8.23. The van der Waals surface area contributed by atoms with Crippen LogP contribution in [0.2, 0.25) is 0 Å². The van der Waals surface area contributed by atoms with Crippen molar-refractivity contribution in [3.8, 4) is 17.1 Å². The normalized spacial score (nSPS) is 12.2. The smallest absolute Gasteiger partial charge is 0.144 e. The lowest BCUT2D eigenvalue weighted by atomic mass is 9.91. The summed E-state index contributed by atoms with van der Waals surface area (Å²) in [6.45, 7) is 12.0. The van der Waals surface area contributed by atoms with Gasteiger partial charge in [0.1, 0.15) is 11.5 Å². The van der Waals surface area contributed by atoms with Crippen molar-refractivity contribution in [1.29, 1.82) is 0 Å². The molecule has 0 radical (unpaired) electrons. The maximum Gasteiger partial charge on any atom is 0.144 e. The van der Waals surface area contributed by atoms with Crippen molar-refractivity contribution >= 4 is 0 Å². The zero-order valence-electron chi connectivity index (χ0n) is 17.1. The number of rotatable bonds is 5. The van der Waals surface area contributed by atoms with E-state index in [0.29, 0.717) is 17.4 Å². The molecule has 0 fully saturated rings. The minimum atomic E-state index is -1.44. The third-order valence-corrected chi connectivity index (χ3v) is 5.03. The summed E-state index contributed by atoms with van der Waals surface area (Å²) in [6, 6.07) is 14.1. The van der Waals surface area contributed by atoms with Crippen molar-refractivity contribution in [3.63, 3.8) is 0 Å². The van der Waals surface area contributed by atoms with Gasteiger partial charge in [0.05, 0.1) is 5.69 Å². The number of hydrogen-bond donors (Lipinski definition) is 0. The molecule has 3 aromatic rings. The minimum absolute atomic E-state index is 0.377. The van der Waals surface area contributed by atoms with Crippen LogP contribution in [0.3, 0.4) is 0 Å². The molecular weight excluding hydrogens is 335 g/mol. The van der Waals surface area contributed by atoms with Crippen molar-refractivity contribution in [1.82, 2.24) is 9.55 Å². The van der Waals surface area contributed by atoms with Crippen molar-refractivity contribution in [3.05, 3.63) is 71.5 Å². The van der Waals surface area contributed by atoms with E-state index in [1.54, 1.807) is 20.0 Å². The summed E-state index contributed by atoms with van der Waals surface area (Å²) < 4.78 is 17.0. The average Bonchev–Trinajstić information content (AvgIpc) is 3.09. The minimum Gasteiger partial charge on any atom is -0.299 e. The van der Waals surface area contributed by atoms with E-state index in [0.717, 1.165) is 11.4 Å². The molecule has 0 bridgehead atoms. The van der Waals surface area contributed by atoms with Gasteiger partial charge in [-0.1, -0.05) is 70.2 Å². The van der Waals surface area contributed by atoms with E-state index in [9.17, 15) is 4.39 Å². The first-order valence-corrected chi connectivity index (χ1v) is 9.67. The Morgan fingerprint density at radius 2 is 1.48 bits per heavy atom. The third kappa shape index (κ3) is 3.69. The molecule has 0 aliphatic heterocycles. The van der Waals surface area contributed by atoms with Gasteiger partial charge in [0.15, 0.2) is 0 Å². The molecule has 0 saturated carbocycles. The van der Waals surface area contributed by atoms with Gasteiger partial charge in [0.25, 0.3) is 0 Å². The van der Waals surface area contributed by atoms with E-state index in [1.807, 2.05) is 30.5 Å². The predicted molar refractivity (Wildman–Crippen MR) is 111 cm³/mol. The summed E-state index contributed by atoms with van der Waals surface area (Å²) in [6.07, 6.45) is 3.79. The molecule has 2 aromatic carbocycles. The zero-order chi connectivity index (χ0) is 19.8. The SMILES string of the molecule is CC(C)c1cccc(C(C)C)c1-n1ccnc1-c1ccccc1C(C)(C)F. The number of imidazole rings is 1. The number of halogens is 1. The Bertz CT molecular complexity index is 903. The summed E-state index contributed by atoms with van der Waals surface area (Å²) >= 11 is 0. The Labute approximate surface area is 162 Å². The van der Waals surface area contributed by atoms with E-state index in [1.165, 1.54) is 16.8 Å². The summed E-state index contributed by atoms with van der Waals surface area (Å²) in [5.74, 6) is 1.54. The van der Waals surface area contributed by atoms with Crippen LogP contribution < -0.4 is 0 Å². The van der Waals surface area contributed by atoms with Gasteiger partial charge in [-0.15, -0.1) is 0 Å². The van der Waals surface area contributed by atoms with E-state index < -0.39 is 5.67 Å². The molecule has 0 unspecified atom stereocenters. The van der Waals surface area contributed by atoms with Gasteiger partial charge in [-0.3, -0.25) is 4.57 Å². The molecule has 0 N–H and O–H groups in total. The highest BCUT2D eigenvalue weighted by Crippen LogP contribution is 2.37. The first-order valence-electron chi connectivity index (χ1n) is 9.67. The second kappa shape index (κ2) is 7.30. The standard InChI is InChI=1S/C24H29FN2/c1-16(2)18-11-9-12-19(17(3)4)22(18)27-15-14-26-23(27)20-10-7-8-13-21(20)24(5,6)25/h7-17H,1-6H3. The van der Waals surface area contributed by atoms with E-state index in [4.69, 9.17) is 0 Å². The second-order valence-corrected chi connectivity index (χ2v) is 8.23. The number of para-hydroxylation sites is 1. The average molecular weight is 365 g/mol. The first-order chi connectivity index (χ1) is 12.7. The van der Waals surface area contributed by atoms with Gasteiger partial charge in [0.2, 0.25) is 0 Å². The number of aromatic nitrogens is 2. The largest absolute Gasteiger partial charge is 0.299 e. The quantitative estimate of drug-likeness (QED) is 0.477. The molecule has 0 aliphatic rings. The van der Waals surface area contributed by atoms with E-state index in [-0.39, 0.29) is 0 Å². The van der Waals surface area contributed by atoms with Gasteiger partial charge in [-0.25, -0.2) is 9.37 Å². The van der Waals surface area contributed by atoms with Crippen molar-refractivity contribution in [2.75, 3.05) is 0 Å². The van der Waals surface area contributed by atoms with Gasteiger partial charge in [-0.05, 0) is 42.4 Å². The fraction of sp³-hybridized carbons (Fsp3) is 0.375. The highest BCUT2D eigenvalue weighted by atomic mass is 19.1. The van der Waals surface area contributed by atoms with Crippen molar-refractivity contribution < 1.29 is 4.39 Å². The first kappa shape index (κ1) is 19.3. The number of alkyl halides is 1. The summed E-state index contributed by atoms with van der Waals surface area (Å²) in [5.41, 5.74) is 3.77.